The van der Waals surface area contributed by atoms with Gasteiger partial charge in [0.2, 0.25) is 0 Å². The zero-order valence-electron chi connectivity index (χ0n) is 12.0. The molecule has 0 aromatic heterocycles. The molecule has 5 nitrogen and oxygen atoms in total. The largest absolute Gasteiger partial charge is 0.485 e. The van der Waals surface area contributed by atoms with Gasteiger partial charge in [0, 0.05) is 11.1 Å². The Labute approximate surface area is 124 Å². The van der Waals surface area contributed by atoms with E-state index in [9.17, 15) is 4.79 Å². The van der Waals surface area contributed by atoms with Crippen LogP contribution in [0.2, 0.25) is 0 Å². The molecule has 0 unspecified atom stereocenters. The van der Waals surface area contributed by atoms with Crippen LogP contribution < -0.4 is 15.5 Å². The van der Waals surface area contributed by atoms with E-state index in [1.54, 1.807) is 6.21 Å². The number of hydrogen-bond acceptors (Lipinski definition) is 4. The van der Waals surface area contributed by atoms with Crippen LogP contribution in [-0.4, -0.2) is 30.8 Å². The van der Waals surface area contributed by atoms with Gasteiger partial charge in [-0.3, -0.25) is 4.79 Å². The number of para-hydroxylation sites is 1. The average molecular weight is 285 g/mol. The van der Waals surface area contributed by atoms with Gasteiger partial charge < -0.3 is 10.1 Å². The first kappa shape index (κ1) is 13.8. The van der Waals surface area contributed by atoms with Gasteiger partial charge in [0.1, 0.15) is 11.9 Å². The van der Waals surface area contributed by atoms with Crippen molar-refractivity contribution in [2.75, 3.05) is 6.54 Å². The lowest BCUT2D eigenvalue weighted by atomic mass is 10.0. The number of hydrazone groups is 1. The number of ether oxygens (including phenoxy) is 1. The van der Waals surface area contributed by atoms with Crippen molar-refractivity contribution in [3.63, 3.8) is 0 Å². The van der Waals surface area contributed by atoms with E-state index in [1.807, 2.05) is 37.3 Å². The number of carbonyl (C=O) groups is 1. The van der Waals surface area contributed by atoms with Crippen molar-refractivity contribution in [3.05, 3.63) is 35.4 Å². The molecule has 5 heteroatoms. The fraction of sp³-hybridized carbons (Fsp3) is 0.375. The van der Waals surface area contributed by atoms with Crippen LogP contribution >= 0.6 is 0 Å². The van der Waals surface area contributed by atoms with Crippen LogP contribution in [-0.2, 0) is 4.79 Å². The quantitative estimate of drug-likeness (QED) is 0.656. The van der Waals surface area contributed by atoms with Crippen molar-refractivity contribution in [2.45, 2.75) is 31.9 Å². The van der Waals surface area contributed by atoms with Gasteiger partial charge in [-0.15, -0.1) is 0 Å². The molecule has 0 saturated carbocycles. The molecule has 1 fully saturated rings. The van der Waals surface area contributed by atoms with Crippen LogP contribution in [0.3, 0.4) is 0 Å². The van der Waals surface area contributed by atoms with Crippen molar-refractivity contribution in [2.24, 2.45) is 5.10 Å². The third-order valence-electron chi connectivity index (χ3n) is 3.78. The second-order valence-corrected chi connectivity index (χ2v) is 5.33. The van der Waals surface area contributed by atoms with E-state index in [0.29, 0.717) is 0 Å². The normalized spacial score (nSPS) is 24.3. The number of fused-ring (bicyclic) bond motifs is 1. The number of amides is 1. The first-order valence-corrected chi connectivity index (χ1v) is 7.27. The van der Waals surface area contributed by atoms with E-state index in [-0.39, 0.29) is 18.1 Å². The third kappa shape index (κ3) is 3.13. The second-order valence-electron chi connectivity index (χ2n) is 5.33. The topological polar surface area (TPSA) is 62.7 Å². The maximum absolute atomic E-state index is 11.8. The first-order valence-electron chi connectivity index (χ1n) is 7.27. The molecule has 1 saturated heterocycles. The fourth-order valence-corrected chi connectivity index (χ4v) is 2.56. The van der Waals surface area contributed by atoms with Gasteiger partial charge in [-0.05, 0) is 38.5 Å². The highest BCUT2D eigenvalue weighted by atomic mass is 16.5. The molecule has 2 N–H and O–H groups in total. The van der Waals surface area contributed by atoms with Crippen molar-refractivity contribution in [1.29, 1.82) is 0 Å². The predicted octanol–water partition coefficient (Wildman–Crippen LogP) is 1.70. The van der Waals surface area contributed by atoms with Gasteiger partial charge in [0.15, 0.2) is 0 Å². The summed E-state index contributed by atoms with van der Waals surface area (Å²) in [5.74, 6) is 0.801. The van der Waals surface area contributed by atoms with Crippen molar-refractivity contribution < 1.29 is 9.53 Å². The second kappa shape index (κ2) is 6.10. The molecule has 1 aromatic rings. The Hall–Kier alpha value is -2.14. The summed E-state index contributed by atoms with van der Waals surface area (Å²) < 4.78 is 5.82. The predicted molar refractivity (Wildman–Crippen MR) is 82.2 cm³/mol. The smallest absolute Gasteiger partial charge is 0.257 e. The van der Waals surface area contributed by atoms with E-state index in [1.165, 1.54) is 0 Å². The Balaban J connectivity index is 1.65. The first-order chi connectivity index (χ1) is 10.2. The molecule has 110 valence electrons. The molecule has 2 aliphatic rings. The highest BCUT2D eigenvalue weighted by Gasteiger charge is 2.21. The zero-order chi connectivity index (χ0) is 14.7. The molecule has 3 rings (SSSR count). The van der Waals surface area contributed by atoms with Crippen LogP contribution in [0.5, 0.6) is 5.75 Å². The lowest BCUT2D eigenvalue weighted by Gasteiger charge is -2.22. The number of rotatable bonds is 3. The number of nitrogens with one attached hydrogen (secondary N) is 2. The molecule has 2 aliphatic heterocycles. The maximum Gasteiger partial charge on any atom is 0.257 e. The minimum absolute atomic E-state index is 0.0749. The number of carbonyl (C=O) groups excluding carboxylic acids is 1. The van der Waals surface area contributed by atoms with E-state index in [2.05, 4.69) is 15.8 Å². The Morgan fingerprint density at radius 2 is 2.33 bits per heavy atom. The summed E-state index contributed by atoms with van der Waals surface area (Å²) in [6.45, 7) is 2.86. The van der Waals surface area contributed by atoms with Gasteiger partial charge >= 0.3 is 0 Å². The van der Waals surface area contributed by atoms with Crippen LogP contribution in [0.15, 0.2) is 34.9 Å². The summed E-state index contributed by atoms with van der Waals surface area (Å²) in [6, 6.07) is 7.75. The number of benzene rings is 1. The van der Waals surface area contributed by atoms with Gasteiger partial charge in [-0.1, -0.05) is 18.2 Å². The van der Waals surface area contributed by atoms with Crippen LogP contribution in [0, 0.1) is 0 Å². The third-order valence-corrected chi connectivity index (χ3v) is 3.78. The zero-order valence-corrected chi connectivity index (χ0v) is 12.0. The summed E-state index contributed by atoms with van der Waals surface area (Å²) in [7, 11) is 0. The monoisotopic (exact) mass is 285 g/mol. The standard InChI is InChI=1S/C16H19N3O2/c1-11-13(9-12-5-2-3-7-15(12)21-11)10-18-19-16(20)14-6-4-8-17-14/h2-3,5,7,9-11,14,17H,4,6,8H2,1H3,(H,19,20)/b18-10-/t11-,14+/m0/s1. The summed E-state index contributed by atoms with van der Waals surface area (Å²) in [6.07, 6.45) is 5.52. The average Bonchev–Trinajstić information content (AvgIpc) is 3.02. The van der Waals surface area contributed by atoms with E-state index >= 15 is 0 Å². The molecule has 1 amide bonds. The maximum atomic E-state index is 11.8. The fourth-order valence-electron chi connectivity index (χ4n) is 2.56. The van der Waals surface area contributed by atoms with E-state index in [4.69, 9.17) is 4.74 Å². The highest BCUT2D eigenvalue weighted by molar-refractivity contribution is 5.90. The number of nitrogens with zero attached hydrogens (tertiary/aromatic N) is 1. The SMILES string of the molecule is C[C@@H]1Oc2ccccc2C=C1/C=N\NC(=O)[C@H]1CCCN1. The van der Waals surface area contributed by atoms with Gasteiger partial charge in [-0.25, -0.2) is 5.43 Å². The summed E-state index contributed by atoms with van der Waals surface area (Å²) in [4.78, 5) is 11.8. The summed E-state index contributed by atoms with van der Waals surface area (Å²) in [5, 5.41) is 7.19. The molecular weight excluding hydrogens is 266 g/mol. The van der Waals surface area contributed by atoms with Crippen molar-refractivity contribution in [3.8, 4) is 5.75 Å². The Kier molecular flexibility index (Phi) is 4.01. The molecule has 0 aliphatic carbocycles. The van der Waals surface area contributed by atoms with Gasteiger partial charge in [0.25, 0.3) is 5.91 Å². The van der Waals surface area contributed by atoms with Gasteiger partial charge in [0.05, 0.1) is 12.3 Å². The lowest BCUT2D eigenvalue weighted by molar-refractivity contribution is -0.122. The minimum Gasteiger partial charge on any atom is -0.485 e. The molecule has 21 heavy (non-hydrogen) atoms. The molecule has 0 radical (unpaired) electrons. The van der Waals surface area contributed by atoms with Crippen molar-refractivity contribution >= 4 is 18.2 Å². The Morgan fingerprint density at radius 3 is 3.14 bits per heavy atom. The molecule has 0 spiro atoms. The van der Waals surface area contributed by atoms with E-state index < -0.39 is 0 Å². The lowest BCUT2D eigenvalue weighted by Crippen LogP contribution is -2.38. The van der Waals surface area contributed by atoms with E-state index in [0.717, 1.165) is 36.3 Å². The highest BCUT2D eigenvalue weighted by Crippen LogP contribution is 2.28. The van der Waals surface area contributed by atoms with Crippen LogP contribution in [0.1, 0.15) is 25.3 Å². The minimum atomic E-state index is -0.114. The molecule has 2 atom stereocenters. The molecule has 0 bridgehead atoms. The number of hydrogen-bond donors (Lipinski definition) is 2. The van der Waals surface area contributed by atoms with Gasteiger partial charge in [-0.2, -0.15) is 5.10 Å². The van der Waals surface area contributed by atoms with Crippen molar-refractivity contribution in [1.82, 2.24) is 10.7 Å². The molecule has 2 heterocycles. The molecular formula is C16H19N3O2. The van der Waals surface area contributed by atoms with Crippen LogP contribution in [0.4, 0.5) is 0 Å². The summed E-state index contributed by atoms with van der Waals surface area (Å²) >= 11 is 0. The summed E-state index contributed by atoms with van der Waals surface area (Å²) in [5.41, 5.74) is 4.55. The Bertz CT molecular complexity index is 589. The Morgan fingerprint density at radius 1 is 1.48 bits per heavy atom. The molecule has 1 aromatic carbocycles. The van der Waals surface area contributed by atoms with Crippen LogP contribution in [0.25, 0.3) is 6.08 Å².